The van der Waals surface area contributed by atoms with Crippen molar-refractivity contribution in [3.05, 3.63) is 58.3 Å². The molecule has 1 amide bonds. The smallest absolute Gasteiger partial charge is 0.329 e. The van der Waals surface area contributed by atoms with Gasteiger partial charge in [-0.15, -0.1) is 23.1 Å². The van der Waals surface area contributed by atoms with Gasteiger partial charge in [-0.1, -0.05) is 36.4 Å². The summed E-state index contributed by atoms with van der Waals surface area (Å²) in [6.45, 7) is 0. The molecule has 1 aromatic carbocycles. The number of hydrogen-bond acceptors (Lipinski definition) is 5. The van der Waals surface area contributed by atoms with Gasteiger partial charge in [0, 0.05) is 5.75 Å². The van der Waals surface area contributed by atoms with Gasteiger partial charge in [-0.05, 0) is 29.9 Å². The van der Waals surface area contributed by atoms with Crippen molar-refractivity contribution < 1.29 is 14.3 Å². The maximum absolute atomic E-state index is 12.9. The van der Waals surface area contributed by atoms with Crippen molar-refractivity contribution in [2.45, 2.75) is 24.3 Å². The molecule has 24 heavy (non-hydrogen) atoms. The van der Waals surface area contributed by atoms with Crippen molar-refractivity contribution in [3.8, 4) is 0 Å². The summed E-state index contributed by atoms with van der Waals surface area (Å²) in [5, 5.41) is 1.87. The number of carbonyl (C=O) groups is 2. The zero-order valence-electron chi connectivity index (χ0n) is 13.4. The number of rotatable bonds is 5. The zero-order valence-corrected chi connectivity index (χ0v) is 15.0. The summed E-state index contributed by atoms with van der Waals surface area (Å²) < 4.78 is 4.90. The standard InChI is InChI=1S/C18H19NO3S2/c1-22-18(21)14-12-24-16(10-9-13-6-3-2-4-7-13)19(14)17(20)15-8-5-11-23-15/h2-8,11,14,16H,9-10,12H2,1H3. The minimum absolute atomic E-state index is 0.0103. The number of thioether (sulfide) groups is 1. The highest BCUT2D eigenvalue weighted by Crippen LogP contribution is 2.34. The number of ether oxygens (including phenoxy) is 1. The van der Waals surface area contributed by atoms with Gasteiger partial charge >= 0.3 is 5.97 Å². The van der Waals surface area contributed by atoms with E-state index >= 15 is 0 Å². The Kier molecular flexibility index (Phi) is 5.58. The van der Waals surface area contributed by atoms with E-state index in [0.717, 1.165) is 12.8 Å². The fourth-order valence-corrected chi connectivity index (χ4v) is 4.89. The molecule has 1 saturated heterocycles. The molecule has 1 aliphatic rings. The summed E-state index contributed by atoms with van der Waals surface area (Å²) in [6, 6.07) is 13.4. The van der Waals surface area contributed by atoms with Crippen LogP contribution in [0.2, 0.25) is 0 Å². The van der Waals surface area contributed by atoms with Gasteiger partial charge in [0.2, 0.25) is 0 Å². The van der Waals surface area contributed by atoms with Crippen molar-refractivity contribution in [1.82, 2.24) is 4.90 Å². The molecule has 0 spiro atoms. The monoisotopic (exact) mass is 361 g/mol. The maximum Gasteiger partial charge on any atom is 0.329 e. The molecule has 0 N–H and O–H groups in total. The third-order valence-electron chi connectivity index (χ3n) is 4.06. The largest absolute Gasteiger partial charge is 0.467 e. The van der Waals surface area contributed by atoms with E-state index in [0.29, 0.717) is 10.6 Å². The van der Waals surface area contributed by atoms with E-state index in [-0.39, 0.29) is 17.3 Å². The van der Waals surface area contributed by atoms with Crippen LogP contribution >= 0.6 is 23.1 Å². The van der Waals surface area contributed by atoms with Crippen LogP contribution in [0.15, 0.2) is 47.8 Å². The molecule has 1 aliphatic heterocycles. The van der Waals surface area contributed by atoms with Crippen LogP contribution in [0.3, 0.4) is 0 Å². The fourth-order valence-electron chi connectivity index (χ4n) is 2.84. The van der Waals surface area contributed by atoms with Crippen LogP contribution < -0.4 is 0 Å². The van der Waals surface area contributed by atoms with Crippen molar-refractivity contribution in [1.29, 1.82) is 0 Å². The molecule has 2 aromatic rings. The lowest BCUT2D eigenvalue weighted by molar-refractivity contribution is -0.145. The Hall–Kier alpha value is -1.79. The number of aryl methyl sites for hydroxylation is 1. The highest BCUT2D eigenvalue weighted by atomic mass is 32.2. The van der Waals surface area contributed by atoms with Crippen molar-refractivity contribution in [2.24, 2.45) is 0 Å². The summed E-state index contributed by atoms with van der Waals surface area (Å²) in [7, 11) is 1.37. The average Bonchev–Trinajstić information content (AvgIpc) is 3.29. The zero-order chi connectivity index (χ0) is 16.9. The lowest BCUT2D eigenvalue weighted by Gasteiger charge is -2.27. The lowest BCUT2D eigenvalue weighted by Crippen LogP contribution is -2.46. The highest BCUT2D eigenvalue weighted by Gasteiger charge is 2.42. The van der Waals surface area contributed by atoms with Crippen molar-refractivity contribution >= 4 is 35.0 Å². The van der Waals surface area contributed by atoms with Gasteiger partial charge in [0.1, 0.15) is 6.04 Å². The Morgan fingerprint density at radius 2 is 2.00 bits per heavy atom. The number of carbonyl (C=O) groups excluding carboxylic acids is 2. The molecule has 1 fully saturated rings. The Labute approximate surface area is 149 Å². The summed E-state index contributed by atoms with van der Waals surface area (Å²) in [4.78, 5) is 27.3. The first-order valence-electron chi connectivity index (χ1n) is 7.80. The molecule has 0 radical (unpaired) electrons. The quantitative estimate of drug-likeness (QED) is 0.766. The van der Waals surface area contributed by atoms with Crippen LogP contribution in [0.25, 0.3) is 0 Å². The third kappa shape index (κ3) is 3.65. The first-order chi connectivity index (χ1) is 11.7. The second kappa shape index (κ2) is 7.85. The SMILES string of the molecule is COC(=O)C1CSC(CCc2ccccc2)N1C(=O)c1cccs1. The molecule has 2 heterocycles. The minimum Gasteiger partial charge on any atom is -0.467 e. The minimum atomic E-state index is -0.504. The molecule has 0 saturated carbocycles. The van der Waals surface area contributed by atoms with E-state index in [1.54, 1.807) is 22.7 Å². The van der Waals surface area contributed by atoms with Crippen LogP contribution in [0.1, 0.15) is 21.7 Å². The normalized spacial score (nSPS) is 20.1. The van der Waals surface area contributed by atoms with Gasteiger partial charge in [0.05, 0.1) is 17.4 Å². The Morgan fingerprint density at radius 1 is 1.21 bits per heavy atom. The predicted octanol–water partition coefficient (Wildman–Crippen LogP) is 3.44. The van der Waals surface area contributed by atoms with Crippen molar-refractivity contribution in [2.75, 3.05) is 12.9 Å². The van der Waals surface area contributed by atoms with Crippen LogP contribution in [0, 0.1) is 0 Å². The van der Waals surface area contributed by atoms with Gasteiger partial charge in [-0.3, -0.25) is 4.79 Å². The molecule has 0 aliphatic carbocycles. The Morgan fingerprint density at radius 3 is 2.67 bits per heavy atom. The third-order valence-corrected chi connectivity index (χ3v) is 6.27. The van der Waals surface area contributed by atoms with Gasteiger partial charge in [0.25, 0.3) is 5.91 Å². The number of amides is 1. The van der Waals surface area contributed by atoms with E-state index in [1.807, 2.05) is 29.6 Å². The topological polar surface area (TPSA) is 46.6 Å². The molecule has 4 nitrogen and oxygen atoms in total. The number of thiophene rings is 1. The number of methoxy groups -OCH3 is 1. The molecule has 126 valence electrons. The first-order valence-corrected chi connectivity index (χ1v) is 9.73. The first kappa shape index (κ1) is 17.0. The van der Waals surface area contributed by atoms with Crippen LogP contribution in [-0.2, 0) is 16.0 Å². The maximum atomic E-state index is 12.9. The van der Waals surface area contributed by atoms with Gasteiger partial charge < -0.3 is 9.64 Å². The van der Waals surface area contributed by atoms with E-state index < -0.39 is 6.04 Å². The average molecular weight is 361 g/mol. The summed E-state index contributed by atoms with van der Waals surface area (Å²) in [5.41, 5.74) is 1.24. The number of nitrogens with zero attached hydrogens (tertiary/aromatic N) is 1. The highest BCUT2D eigenvalue weighted by molar-refractivity contribution is 8.00. The Bertz CT molecular complexity index is 688. The van der Waals surface area contributed by atoms with E-state index in [4.69, 9.17) is 4.74 Å². The van der Waals surface area contributed by atoms with E-state index in [9.17, 15) is 9.59 Å². The van der Waals surface area contributed by atoms with Crippen LogP contribution in [0.4, 0.5) is 0 Å². The second-order valence-corrected chi connectivity index (χ2v) is 7.70. The lowest BCUT2D eigenvalue weighted by atomic mass is 10.1. The van der Waals surface area contributed by atoms with E-state index in [1.165, 1.54) is 24.0 Å². The Balaban J connectivity index is 1.76. The van der Waals surface area contributed by atoms with Gasteiger partial charge in [-0.2, -0.15) is 0 Å². The predicted molar refractivity (Wildman–Crippen MR) is 97.3 cm³/mol. The molecule has 2 unspecified atom stereocenters. The molecular formula is C18H19NO3S2. The number of hydrogen-bond donors (Lipinski definition) is 0. The number of esters is 1. The fraction of sp³-hybridized carbons (Fsp3) is 0.333. The van der Waals surface area contributed by atoms with Crippen LogP contribution in [-0.4, -0.2) is 41.1 Å². The molecule has 1 aromatic heterocycles. The molecule has 2 atom stereocenters. The van der Waals surface area contributed by atoms with Gasteiger partial charge in [-0.25, -0.2) is 4.79 Å². The summed E-state index contributed by atoms with van der Waals surface area (Å²) in [5.74, 6) is 0.168. The van der Waals surface area contributed by atoms with Crippen molar-refractivity contribution in [3.63, 3.8) is 0 Å². The second-order valence-electron chi connectivity index (χ2n) is 5.54. The molecule has 6 heteroatoms. The summed E-state index contributed by atoms with van der Waals surface area (Å²) >= 11 is 3.06. The molecule has 0 bridgehead atoms. The molecule has 3 rings (SSSR count). The van der Waals surface area contributed by atoms with Gasteiger partial charge in [0.15, 0.2) is 0 Å². The van der Waals surface area contributed by atoms with Crippen LogP contribution in [0.5, 0.6) is 0 Å². The summed E-state index contributed by atoms with van der Waals surface area (Å²) in [6.07, 6.45) is 1.69. The molecular weight excluding hydrogens is 342 g/mol. The number of benzene rings is 1. The van der Waals surface area contributed by atoms with E-state index in [2.05, 4.69) is 12.1 Å².